The van der Waals surface area contributed by atoms with Gasteiger partial charge in [0.1, 0.15) is 15.8 Å². The fourth-order valence-electron chi connectivity index (χ4n) is 4.49. The lowest BCUT2D eigenvalue weighted by molar-refractivity contribution is -0.122. The third-order valence-corrected chi connectivity index (χ3v) is 7.95. The van der Waals surface area contributed by atoms with Crippen molar-refractivity contribution in [2.75, 3.05) is 27.4 Å². The van der Waals surface area contributed by atoms with E-state index in [9.17, 15) is 4.79 Å². The molecule has 9 heteroatoms. The molecule has 0 N–H and O–H groups in total. The van der Waals surface area contributed by atoms with Gasteiger partial charge in [0.25, 0.3) is 5.91 Å². The molecule has 1 amide bonds. The molecule has 0 spiro atoms. The zero-order chi connectivity index (χ0) is 28.8. The Labute approximate surface area is 249 Å². The second kappa shape index (κ2) is 13.1. The summed E-state index contributed by atoms with van der Waals surface area (Å²) in [6.07, 6.45) is 5.38. The summed E-state index contributed by atoms with van der Waals surface area (Å²) in [5.74, 6) is 1.99. The average molecular weight is 586 g/mol. The van der Waals surface area contributed by atoms with E-state index in [-0.39, 0.29) is 5.91 Å². The first-order valence-electron chi connectivity index (χ1n) is 13.3. The van der Waals surface area contributed by atoms with Crippen LogP contribution < -0.4 is 14.2 Å². The van der Waals surface area contributed by atoms with Gasteiger partial charge < -0.3 is 14.2 Å². The van der Waals surface area contributed by atoms with Gasteiger partial charge in [-0.25, -0.2) is 4.68 Å². The summed E-state index contributed by atoms with van der Waals surface area (Å²) in [6.45, 7) is 3.18. The summed E-state index contributed by atoms with van der Waals surface area (Å²) in [5, 5.41) is 4.91. The second-order valence-corrected chi connectivity index (χ2v) is 11.0. The first kappa shape index (κ1) is 28.4. The molecule has 1 saturated heterocycles. The predicted molar refractivity (Wildman–Crippen MR) is 168 cm³/mol. The van der Waals surface area contributed by atoms with Crippen LogP contribution in [-0.4, -0.2) is 52.3 Å². The Hall–Kier alpha value is -4.08. The number of hydrogen-bond donors (Lipinski definition) is 0. The molecule has 2 heterocycles. The third kappa shape index (κ3) is 6.47. The Kier molecular flexibility index (Phi) is 9.06. The molecule has 4 aromatic rings. The lowest BCUT2D eigenvalue weighted by Gasteiger charge is -2.15. The molecule has 1 aliphatic heterocycles. The molecule has 0 atom stereocenters. The van der Waals surface area contributed by atoms with Gasteiger partial charge in [-0.2, -0.15) is 5.10 Å². The van der Waals surface area contributed by atoms with Crippen molar-refractivity contribution in [1.82, 2.24) is 14.7 Å². The van der Waals surface area contributed by atoms with Crippen molar-refractivity contribution < 1.29 is 19.0 Å². The highest BCUT2D eigenvalue weighted by Crippen LogP contribution is 2.36. The van der Waals surface area contributed by atoms with Crippen molar-refractivity contribution in [1.29, 1.82) is 0 Å². The van der Waals surface area contributed by atoms with Crippen LogP contribution in [0.1, 0.15) is 24.5 Å². The minimum Gasteiger partial charge on any atom is -0.494 e. The fourth-order valence-corrected chi connectivity index (χ4v) is 5.79. The van der Waals surface area contributed by atoms with E-state index in [0.717, 1.165) is 40.2 Å². The number of hydrogen-bond acceptors (Lipinski definition) is 7. The highest BCUT2D eigenvalue weighted by Gasteiger charge is 2.32. The van der Waals surface area contributed by atoms with Crippen molar-refractivity contribution in [2.24, 2.45) is 0 Å². The highest BCUT2D eigenvalue weighted by molar-refractivity contribution is 8.26. The maximum absolute atomic E-state index is 13.5. The van der Waals surface area contributed by atoms with Crippen molar-refractivity contribution in [2.45, 2.75) is 19.8 Å². The van der Waals surface area contributed by atoms with Crippen LogP contribution in [0.3, 0.4) is 0 Å². The van der Waals surface area contributed by atoms with Crippen LogP contribution in [0.5, 0.6) is 17.2 Å². The number of nitrogens with zero attached hydrogens (tertiary/aromatic N) is 3. The van der Waals surface area contributed by atoms with Gasteiger partial charge in [-0.3, -0.25) is 9.69 Å². The number of thioether (sulfide) groups is 1. The SMILES string of the molecule is CCCOc1cccc(-c2nn(-c3ccccc3)cc2C=C2SC(=S)N(CCc3ccc(OC)c(OC)c3)C2=O)c1. The lowest BCUT2D eigenvalue weighted by atomic mass is 10.1. The quantitative estimate of drug-likeness (QED) is 0.142. The molecule has 7 nitrogen and oxygen atoms in total. The van der Waals surface area contributed by atoms with Crippen molar-refractivity contribution in [3.8, 4) is 34.2 Å². The zero-order valence-corrected chi connectivity index (χ0v) is 24.8. The van der Waals surface area contributed by atoms with E-state index >= 15 is 0 Å². The molecule has 0 aliphatic carbocycles. The Morgan fingerprint density at radius 1 is 0.976 bits per heavy atom. The molecule has 0 saturated carbocycles. The lowest BCUT2D eigenvalue weighted by Crippen LogP contribution is -2.30. The normalized spacial score (nSPS) is 14.1. The fraction of sp³-hybridized carbons (Fsp3) is 0.219. The van der Waals surface area contributed by atoms with Gasteiger partial charge in [-0.05, 0) is 60.9 Å². The molecule has 1 aliphatic rings. The third-order valence-electron chi connectivity index (χ3n) is 6.58. The summed E-state index contributed by atoms with van der Waals surface area (Å²) < 4.78 is 19.0. The van der Waals surface area contributed by atoms with Crippen LogP contribution in [0.15, 0.2) is 83.9 Å². The first-order chi connectivity index (χ1) is 20.0. The van der Waals surface area contributed by atoms with Gasteiger partial charge in [-0.1, -0.05) is 67.3 Å². The summed E-state index contributed by atoms with van der Waals surface area (Å²) in [4.78, 5) is 15.7. The molecule has 0 bridgehead atoms. The number of amides is 1. The van der Waals surface area contributed by atoms with E-state index in [2.05, 4.69) is 6.92 Å². The maximum atomic E-state index is 13.5. The Morgan fingerprint density at radius 3 is 2.54 bits per heavy atom. The van der Waals surface area contributed by atoms with Crippen LogP contribution >= 0.6 is 24.0 Å². The summed E-state index contributed by atoms with van der Waals surface area (Å²) in [5.41, 5.74) is 4.43. The maximum Gasteiger partial charge on any atom is 0.266 e. The van der Waals surface area contributed by atoms with E-state index in [4.69, 9.17) is 31.5 Å². The number of para-hydroxylation sites is 1. The van der Waals surface area contributed by atoms with Gasteiger partial charge in [0.05, 0.1) is 31.4 Å². The average Bonchev–Trinajstić information content (AvgIpc) is 3.55. The largest absolute Gasteiger partial charge is 0.494 e. The molecule has 41 heavy (non-hydrogen) atoms. The van der Waals surface area contributed by atoms with Crippen molar-refractivity contribution >= 4 is 40.3 Å². The number of rotatable bonds is 11. The molecular formula is C32H31N3O4S2. The Bertz CT molecular complexity index is 1580. The van der Waals surface area contributed by atoms with E-state index in [1.165, 1.54) is 11.8 Å². The topological polar surface area (TPSA) is 65.8 Å². The molecule has 3 aromatic carbocycles. The van der Waals surface area contributed by atoms with Gasteiger partial charge in [0, 0.05) is 23.9 Å². The van der Waals surface area contributed by atoms with E-state index in [0.29, 0.717) is 40.3 Å². The van der Waals surface area contributed by atoms with Gasteiger partial charge in [0.15, 0.2) is 11.5 Å². The van der Waals surface area contributed by atoms with Gasteiger partial charge in [-0.15, -0.1) is 0 Å². The smallest absolute Gasteiger partial charge is 0.266 e. The first-order valence-corrected chi connectivity index (χ1v) is 14.6. The Balaban J connectivity index is 1.43. The predicted octanol–water partition coefficient (Wildman–Crippen LogP) is 6.79. The molecule has 210 valence electrons. The highest BCUT2D eigenvalue weighted by atomic mass is 32.2. The summed E-state index contributed by atoms with van der Waals surface area (Å²) in [7, 11) is 3.22. The van der Waals surface area contributed by atoms with Crippen LogP contribution in [0.4, 0.5) is 0 Å². The minimum absolute atomic E-state index is 0.112. The van der Waals surface area contributed by atoms with E-state index in [1.54, 1.807) is 19.1 Å². The number of thiocarbonyl (C=S) groups is 1. The number of benzene rings is 3. The number of aromatic nitrogens is 2. The molecule has 5 rings (SSSR count). The number of carbonyl (C=O) groups is 1. The molecular weight excluding hydrogens is 555 g/mol. The zero-order valence-electron chi connectivity index (χ0n) is 23.2. The van der Waals surface area contributed by atoms with Crippen molar-refractivity contribution in [3.05, 3.63) is 95.0 Å². The minimum atomic E-state index is -0.112. The second-order valence-electron chi connectivity index (χ2n) is 9.36. The van der Waals surface area contributed by atoms with Gasteiger partial charge >= 0.3 is 0 Å². The van der Waals surface area contributed by atoms with Crippen molar-refractivity contribution in [3.63, 3.8) is 0 Å². The summed E-state index contributed by atoms with van der Waals surface area (Å²) >= 11 is 6.94. The van der Waals surface area contributed by atoms with Crippen LogP contribution in [0, 0.1) is 0 Å². The molecule has 0 unspecified atom stereocenters. The monoisotopic (exact) mass is 585 g/mol. The number of carbonyl (C=O) groups excluding carboxylic acids is 1. The number of ether oxygens (including phenoxy) is 3. The number of methoxy groups -OCH3 is 2. The molecule has 1 fully saturated rings. The van der Waals surface area contributed by atoms with E-state index in [1.807, 2.05) is 89.8 Å². The standard InChI is InChI=1S/C32H31N3O4S2/c1-4-17-39-26-12-8-9-23(19-26)30-24(21-35(33-30)25-10-6-5-7-11-25)20-29-31(36)34(32(40)41-29)16-15-22-13-14-27(37-2)28(18-22)38-3/h5-14,18-21H,4,15-17H2,1-3H3. The van der Waals surface area contributed by atoms with E-state index < -0.39 is 0 Å². The summed E-state index contributed by atoms with van der Waals surface area (Å²) in [6, 6.07) is 23.6. The Morgan fingerprint density at radius 2 is 1.78 bits per heavy atom. The van der Waals surface area contributed by atoms with Crippen LogP contribution in [0.2, 0.25) is 0 Å². The van der Waals surface area contributed by atoms with Crippen LogP contribution in [-0.2, 0) is 11.2 Å². The molecule has 1 aromatic heterocycles. The van der Waals surface area contributed by atoms with Crippen LogP contribution in [0.25, 0.3) is 23.0 Å². The molecule has 0 radical (unpaired) electrons. The van der Waals surface area contributed by atoms with Gasteiger partial charge in [0.2, 0.25) is 0 Å².